The van der Waals surface area contributed by atoms with Gasteiger partial charge in [0.25, 0.3) is 0 Å². The number of pyridine rings is 1. The van der Waals surface area contributed by atoms with Crippen molar-refractivity contribution in [3.8, 4) is 0 Å². The Labute approximate surface area is 188 Å². The zero-order valence-corrected chi connectivity index (χ0v) is 19.1. The number of nitrogens with one attached hydrogen (secondary N) is 1. The Balaban J connectivity index is 1.64. The van der Waals surface area contributed by atoms with Crippen molar-refractivity contribution >= 4 is 35.0 Å². The first-order valence-electron chi connectivity index (χ1n) is 10.9. The molecule has 164 valence electrons. The lowest BCUT2D eigenvalue weighted by molar-refractivity contribution is 0.122. The van der Waals surface area contributed by atoms with Crippen molar-refractivity contribution in [3.63, 3.8) is 0 Å². The van der Waals surface area contributed by atoms with E-state index < -0.39 is 0 Å². The summed E-state index contributed by atoms with van der Waals surface area (Å²) in [6, 6.07) is 6.40. The lowest BCUT2D eigenvalue weighted by Gasteiger charge is -2.29. The van der Waals surface area contributed by atoms with Crippen molar-refractivity contribution in [2.24, 2.45) is 11.0 Å². The van der Waals surface area contributed by atoms with Crippen LogP contribution in [-0.4, -0.2) is 47.4 Å². The van der Waals surface area contributed by atoms with Crippen LogP contribution in [-0.2, 0) is 4.74 Å². The zero-order valence-electron chi connectivity index (χ0n) is 18.3. The number of morpholine rings is 1. The molecule has 0 aromatic carbocycles. The summed E-state index contributed by atoms with van der Waals surface area (Å²) in [6.45, 7) is 11.4. The van der Waals surface area contributed by atoms with Gasteiger partial charge in [-0.3, -0.25) is 5.43 Å². The van der Waals surface area contributed by atoms with Gasteiger partial charge in [-0.15, -0.1) is 18.3 Å². The first-order chi connectivity index (χ1) is 15.2. The standard InChI is InChI=1S/C24H31N5OS/c1-4-6-7-19(5-2)22-16-21-14-20(26-25-17-23-18(3)8-13-31-23)15-24(29(21)27-22)28-9-11-30-12-10-28/h4-6,8,13-19,23,26H,2,7,9-12H2,1,3H3/b6-4-,25-17+. The largest absolute Gasteiger partial charge is 0.378 e. The molecule has 0 amide bonds. The minimum absolute atomic E-state index is 0.191. The molecule has 0 bridgehead atoms. The quantitative estimate of drug-likeness (QED) is 0.355. The predicted molar refractivity (Wildman–Crippen MR) is 132 cm³/mol. The van der Waals surface area contributed by atoms with Crippen molar-refractivity contribution in [1.29, 1.82) is 0 Å². The summed E-state index contributed by atoms with van der Waals surface area (Å²) in [4.78, 5) is 2.33. The number of hydrogen-bond acceptors (Lipinski definition) is 6. The highest BCUT2D eigenvalue weighted by atomic mass is 32.2. The van der Waals surface area contributed by atoms with Crippen LogP contribution >= 0.6 is 11.8 Å². The van der Waals surface area contributed by atoms with E-state index in [4.69, 9.17) is 9.84 Å². The lowest BCUT2D eigenvalue weighted by atomic mass is 10.0. The molecular formula is C24H31N5OS. The normalized spacial score (nSPS) is 22.7. The van der Waals surface area contributed by atoms with E-state index in [0.29, 0.717) is 11.2 Å². The molecule has 7 heteroatoms. The van der Waals surface area contributed by atoms with E-state index in [1.54, 1.807) is 0 Å². The molecule has 2 aliphatic heterocycles. The van der Waals surface area contributed by atoms with E-state index in [-0.39, 0.29) is 5.92 Å². The molecule has 31 heavy (non-hydrogen) atoms. The molecule has 2 aromatic heterocycles. The maximum Gasteiger partial charge on any atom is 0.133 e. The van der Waals surface area contributed by atoms with E-state index >= 15 is 0 Å². The van der Waals surface area contributed by atoms with Gasteiger partial charge in [-0.2, -0.15) is 10.2 Å². The number of hydrogen-bond donors (Lipinski definition) is 1. The van der Waals surface area contributed by atoms with Crippen LogP contribution in [0, 0.1) is 5.92 Å². The smallest absolute Gasteiger partial charge is 0.133 e. The molecule has 2 aliphatic rings. The highest BCUT2D eigenvalue weighted by Crippen LogP contribution is 2.29. The lowest BCUT2D eigenvalue weighted by Crippen LogP contribution is -2.37. The third-order valence-electron chi connectivity index (χ3n) is 5.74. The van der Waals surface area contributed by atoms with Gasteiger partial charge in [0.1, 0.15) is 5.82 Å². The number of fused-ring (bicyclic) bond motifs is 1. The molecule has 4 rings (SSSR count). The number of aromatic nitrogens is 2. The molecule has 1 N–H and O–H groups in total. The van der Waals surface area contributed by atoms with Crippen LogP contribution in [0.3, 0.4) is 0 Å². The summed E-state index contributed by atoms with van der Waals surface area (Å²) < 4.78 is 7.60. The first-order valence-corrected chi connectivity index (χ1v) is 11.9. The number of anilines is 2. The Morgan fingerprint density at radius 1 is 1.35 bits per heavy atom. The van der Waals surface area contributed by atoms with Gasteiger partial charge in [-0.1, -0.05) is 31.2 Å². The second kappa shape index (κ2) is 10.2. The minimum atomic E-state index is 0.191. The molecule has 3 unspecified atom stereocenters. The molecule has 0 spiro atoms. The van der Waals surface area contributed by atoms with Crippen molar-refractivity contribution < 1.29 is 4.74 Å². The van der Waals surface area contributed by atoms with Gasteiger partial charge < -0.3 is 9.64 Å². The van der Waals surface area contributed by atoms with Crippen LogP contribution in [0.25, 0.3) is 5.52 Å². The average molecular weight is 438 g/mol. The van der Waals surface area contributed by atoms with Crippen molar-refractivity contribution in [1.82, 2.24) is 9.61 Å². The zero-order chi connectivity index (χ0) is 21.6. The number of allylic oxidation sites excluding steroid dienone is 4. The van der Waals surface area contributed by atoms with Gasteiger partial charge in [0.05, 0.1) is 35.4 Å². The topological polar surface area (TPSA) is 54.2 Å². The highest BCUT2D eigenvalue weighted by molar-refractivity contribution is 8.03. The fourth-order valence-corrected chi connectivity index (χ4v) is 4.83. The summed E-state index contributed by atoms with van der Waals surface area (Å²) in [5.74, 6) is 1.76. The van der Waals surface area contributed by atoms with Gasteiger partial charge in [0.2, 0.25) is 0 Å². The van der Waals surface area contributed by atoms with Crippen LogP contribution in [0.5, 0.6) is 0 Å². The molecule has 1 saturated heterocycles. The van der Waals surface area contributed by atoms with E-state index in [1.807, 2.05) is 35.5 Å². The fourth-order valence-electron chi connectivity index (χ4n) is 3.84. The molecule has 0 radical (unpaired) electrons. The minimum Gasteiger partial charge on any atom is -0.378 e. The Morgan fingerprint density at radius 2 is 2.19 bits per heavy atom. The Hall–Kier alpha value is -2.51. The van der Waals surface area contributed by atoms with Crippen molar-refractivity contribution in [2.75, 3.05) is 36.6 Å². The van der Waals surface area contributed by atoms with Gasteiger partial charge >= 0.3 is 0 Å². The Morgan fingerprint density at radius 3 is 2.90 bits per heavy atom. The fraction of sp³-hybridized carbons (Fsp3) is 0.417. The average Bonchev–Trinajstić information content (AvgIpc) is 3.40. The summed E-state index contributed by atoms with van der Waals surface area (Å²) in [5.41, 5.74) is 6.29. The Bertz CT molecular complexity index is 989. The predicted octanol–water partition coefficient (Wildman–Crippen LogP) is 5.07. The summed E-state index contributed by atoms with van der Waals surface area (Å²) in [5, 5.41) is 12.0. The molecule has 4 heterocycles. The first kappa shape index (κ1) is 21.7. The molecule has 0 saturated carbocycles. The molecule has 0 aliphatic carbocycles. The van der Waals surface area contributed by atoms with Gasteiger partial charge in [0.15, 0.2) is 0 Å². The molecule has 3 atom stereocenters. The van der Waals surface area contributed by atoms with Crippen molar-refractivity contribution in [2.45, 2.75) is 31.4 Å². The van der Waals surface area contributed by atoms with E-state index in [1.165, 1.54) is 0 Å². The van der Waals surface area contributed by atoms with Crippen LogP contribution in [0.1, 0.15) is 31.9 Å². The van der Waals surface area contributed by atoms with Crippen LogP contribution in [0.15, 0.2) is 59.6 Å². The van der Waals surface area contributed by atoms with Gasteiger partial charge in [-0.05, 0) is 36.8 Å². The second-order valence-corrected chi connectivity index (χ2v) is 9.02. The third-order valence-corrected chi connectivity index (χ3v) is 6.92. The SMILES string of the molecule is C=CC(C/C=C\C)c1cc2cc(N/N=C/C3SC=CC3C)cc(N3CCOCC3)n2n1. The van der Waals surface area contributed by atoms with Crippen LogP contribution in [0.4, 0.5) is 11.5 Å². The molecule has 2 aromatic rings. The number of thioether (sulfide) groups is 1. The number of nitrogens with zero attached hydrogens (tertiary/aromatic N) is 4. The van der Waals surface area contributed by atoms with Gasteiger partial charge in [0, 0.05) is 31.3 Å². The summed E-state index contributed by atoms with van der Waals surface area (Å²) in [7, 11) is 0. The highest BCUT2D eigenvalue weighted by Gasteiger charge is 2.19. The number of hydrazone groups is 1. The molecular weight excluding hydrogens is 406 g/mol. The van der Waals surface area contributed by atoms with Crippen LogP contribution in [0.2, 0.25) is 0 Å². The number of rotatable bonds is 8. The molecule has 1 fully saturated rings. The van der Waals surface area contributed by atoms with Gasteiger partial charge in [-0.25, -0.2) is 4.52 Å². The van der Waals surface area contributed by atoms with E-state index in [0.717, 1.165) is 55.4 Å². The molecule has 6 nitrogen and oxygen atoms in total. The van der Waals surface area contributed by atoms with Crippen molar-refractivity contribution in [3.05, 3.63) is 60.2 Å². The number of ether oxygens (including phenoxy) is 1. The monoisotopic (exact) mass is 437 g/mol. The summed E-state index contributed by atoms with van der Waals surface area (Å²) in [6.07, 6.45) is 11.3. The van der Waals surface area contributed by atoms with Crippen LogP contribution < -0.4 is 10.3 Å². The third kappa shape index (κ3) is 5.05. The Kier molecular flexibility index (Phi) is 7.14. The maximum absolute atomic E-state index is 5.56. The van der Waals surface area contributed by atoms with E-state index in [9.17, 15) is 0 Å². The summed E-state index contributed by atoms with van der Waals surface area (Å²) >= 11 is 1.81. The van der Waals surface area contributed by atoms with E-state index in [2.05, 4.69) is 70.8 Å². The maximum atomic E-state index is 5.56. The second-order valence-electron chi connectivity index (χ2n) is 7.93.